The second-order valence-corrected chi connectivity index (χ2v) is 8.79. The number of rotatable bonds is 22. The van der Waals surface area contributed by atoms with Gasteiger partial charge in [0.15, 0.2) is 0 Å². The van der Waals surface area contributed by atoms with Gasteiger partial charge in [-0.25, -0.2) is 0 Å². The summed E-state index contributed by atoms with van der Waals surface area (Å²) in [5.41, 5.74) is 1.57. The Morgan fingerprint density at radius 3 is 1.52 bits per heavy atom. The van der Waals surface area contributed by atoms with Crippen molar-refractivity contribution < 1.29 is 0 Å². The van der Waals surface area contributed by atoms with Crippen LogP contribution in [0.5, 0.6) is 0 Å². The molecule has 0 atom stereocenters. The summed E-state index contributed by atoms with van der Waals surface area (Å²) in [6.45, 7) is 6.65. The molecule has 0 aromatic carbocycles. The molecular weight excluding hydrogens is 348 g/mol. The standard InChI is InChI=1S/C29H54/c1-4-7-9-11-12-13-14-15-16-17-18-19-20-21-22-23-25-28-29(26-6-3)27-24-10-8-5-2/h4,7,24,26-27H,5-6,8-23,25,28H2,1-3H3. The van der Waals surface area contributed by atoms with E-state index in [4.69, 9.17) is 0 Å². The first-order valence-corrected chi connectivity index (χ1v) is 13.3. The van der Waals surface area contributed by atoms with Crippen molar-refractivity contribution in [3.05, 3.63) is 36.0 Å². The molecule has 0 aromatic heterocycles. The third kappa shape index (κ3) is 23.4. The number of unbranched alkanes of at least 4 members (excludes halogenated alkanes) is 16. The fraction of sp³-hybridized carbons (Fsp3) is 0.793. The van der Waals surface area contributed by atoms with Crippen LogP contribution in [0.1, 0.15) is 149 Å². The molecule has 0 amide bonds. The minimum Gasteiger partial charge on any atom is -0.0917 e. The normalized spacial score (nSPS) is 12.6. The summed E-state index contributed by atoms with van der Waals surface area (Å²) in [5, 5.41) is 0. The highest BCUT2D eigenvalue weighted by Crippen LogP contribution is 2.16. The summed E-state index contributed by atoms with van der Waals surface area (Å²) in [7, 11) is 0. The van der Waals surface area contributed by atoms with Crippen LogP contribution in [0.4, 0.5) is 0 Å². The summed E-state index contributed by atoms with van der Waals surface area (Å²) < 4.78 is 0. The van der Waals surface area contributed by atoms with Gasteiger partial charge < -0.3 is 0 Å². The van der Waals surface area contributed by atoms with Gasteiger partial charge in [0.25, 0.3) is 0 Å². The molecule has 0 unspecified atom stereocenters. The number of allylic oxidation sites excluding steroid dienone is 6. The number of hydrogen-bond acceptors (Lipinski definition) is 0. The van der Waals surface area contributed by atoms with Crippen molar-refractivity contribution in [2.45, 2.75) is 149 Å². The van der Waals surface area contributed by atoms with Gasteiger partial charge in [0, 0.05) is 0 Å². The summed E-state index contributed by atoms with van der Waals surface area (Å²) in [6, 6.07) is 0. The van der Waals surface area contributed by atoms with Crippen molar-refractivity contribution in [3.8, 4) is 0 Å². The SMILES string of the molecule is CC=CCCCCCCCCCCCCCCCCC(C=CCCCC)=CCC. The van der Waals surface area contributed by atoms with E-state index in [-0.39, 0.29) is 0 Å². The molecule has 0 aliphatic rings. The van der Waals surface area contributed by atoms with Gasteiger partial charge in [-0.3, -0.25) is 0 Å². The van der Waals surface area contributed by atoms with Gasteiger partial charge >= 0.3 is 0 Å². The lowest BCUT2D eigenvalue weighted by Gasteiger charge is -2.05. The molecule has 0 heteroatoms. The van der Waals surface area contributed by atoms with Crippen LogP contribution >= 0.6 is 0 Å². The van der Waals surface area contributed by atoms with Crippen LogP contribution in [0.3, 0.4) is 0 Å². The van der Waals surface area contributed by atoms with Gasteiger partial charge in [0.1, 0.15) is 0 Å². The Labute approximate surface area is 185 Å². The average molecular weight is 403 g/mol. The Morgan fingerprint density at radius 1 is 0.552 bits per heavy atom. The lowest BCUT2D eigenvalue weighted by molar-refractivity contribution is 0.534. The van der Waals surface area contributed by atoms with Crippen LogP contribution in [-0.2, 0) is 0 Å². The van der Waals surface area contributed by atoms with E-state index >= 15 is 0 Å². The summed E-state index contributed by atoms with van der Waals surface area (Å²) in [4.78, 5) is 0. The molecule has 0 saturated heterocycles. The second-order valence-electron chi connectivity index (χ2n) is 8.79. The second kappa shape index (κ2) is 25.3. The molecule has 0 nitrogen and oxygen atoms in total. The molecule has 0 rings (SSSR count). The van der Waals surface area contributed by atoms with Gasteiger partial charge in [-0.2, -0.15) is 0 Å². The van der Waals surface area contributed by atoms with E-state index < -0.39 is 0 Å². The molecule has 0 radical (unpaired) electrons. The van der Waals surface area contributed by atoms with Crippen LogP contribution in [0.25, 0.3) is 0 Å². The summed E-state index contributed by atoms with van der Waals surface area (Å²) in [6.07, 6.45) is 39.4. The molecule has 170 valence electrons. The third-order valence-corrected chi connectivity index (χ3v) is 5.84. The molecule has 0 fully saturated rings. The first-order valence-electron chi connectivity index (χ1n) is 13.3. The zero-order chi connectivity index (χ0) is 21.3. The van der Waals surface area contributed by atoms with E-state index in [1.54, 1.807) is 5.57 Å². The van der Waals surface area contributed by atoms with Gasteiger partial charge in [0.2, 0.25) is 0 Å². The molecule has 0 heterocycles. The summed E-state index contributed by atoms with van der Waals surface area (Å²) in [5.74, 6) is 0. The van der Waals surface area contributed by atoms with Crippen LogP contribution in [0.15, 0.2) is 36.0 Å². The molecule has 0 aliphatic heterocycles. The van der Waals surface area contributed by atoms with Crippen LogP contribution in [0.2, 0.25) is 0 Å². The lowest BCUT2D eigenvalue weighted by Crippen LogP contribution is -1.85. The van der Waals surface area contributed by atoms with Gasteiger partial charge in [0.05, 0.1) is 0 Å². The van der Waals surface area contributed by atoms with Crippen LogP contribution in [0, 0.1) is 0 Å². The molecule has 0 spiro atoms. The third-order valence-electron chi connectivity index (χ3n) is 5.84. The molecule has 0 aromatic rings. The first kappa shape index (κ1) is 28.2. The maximum Gasteiger partial charge on any atom is -0.0282 e. The molecule has 29 heavy (non-hydrogen) atoms. The van der Waals surface area contributed by atoms with E-state index in [9.17, 15) is 0 Å². The van der Waals surface area contributed by atoms with Crippen LogP contribution in [-0.4, -0.2) is 0 Å². The maximum absolute atomic E-state index is 2.42. The molecule has 0 aliphatic carbocycles. The van der Waals surface area contributed by atoms with E-state index in [1.807, 2.05) is 0 Å². The van der Waals surface area contributed by atoms with Crippen molar-refractivity contribution in [1.82, 2.24) is 0 Å². The van der Waals surface area contributed by atoms with Crippen molar-refractivity contribution >= 4 is 0 Å². The molecule has 0 saturated carbocycles. The Hall–Kier alpha value is -0.780. The van der Waals surface area contributed by atoms with E-state index in [0.717, 1.165) is 0 Å². The predicted molar refractivity (Wildman–Crippen MR) is 136 cm³/mol. The largest absolute Gasteiger partial charge is 0.0917 e. The predicted octanol–water partition coefficient (Wildman–Crippen LogP) is 10.9. The van der Waals surface area contributed by atoms with Gasteiger partial charge in [-0.1, -0.05) is 140 Å². The summed E-state index contributed by atoms with van der Waals surface area (Å²) >= 11 is 0. The smallest absolute Gasteiger partial charge is 0.0282 e. The highest BCUT2D eigenvalue weighted by Gasteiger charge is 1.96. The quantitative estimate of drug-likeness (QED) is 0.0959. The van der Waals surface area contributed by atoms with Crippen LogP contribution < -0.4 is 0 Å². The Bertz CT molecular complexity index is 385. The zero-order valence-corrected chi connectivity index (χ0v) is 20.5. The fourth-order valence-corrected chi connectivity index (χ4v) is 3.95. The molecular formula is C29H54. The zero-order valence-electron chi connectivity index (χ0n) is 20.5. The van der Waals surface area contributed by atoms with Crippen molar-refractivity contribution in [1.29, 1.82) is 0 Å². The highest BCUT2D eigenvalue weighted by atomic mass is 14.0. The van der Waals surface area contributed by atoms with Crippen molar-refractivity contribution in [2.75, 3.05) is 0 Å². The highest BCUT2D eigenvalue weighted by molar-refractivity contribution is 5.18. The average Bonchev–Trinajstić information content (AvgIpc) is 2.73. The van der Waals surface area contributed by atoms with Crippen molar-refractivity contribution in [2.24, 2.45) is 0 Å². The van der Waals surface area contributed by atoms with E-state index in [1.165, 1.54) is 128 Å². The minimum atomic E-state index is 1.17. The molecule has 0 bridgehead atoms. The Kier molecular flexibility index (Phi) is 24.6. The minimum absolute atomic E-state index is 1.17. The Morgan fingerprint density at radius 2 is 1.03 bits per heavy atom. The first-order chi connectivity index (χ1) is 14.3. The van der Waals surface area contributed by atoms with Crippen molar-refractivity contribution in [3.63, 3.8) is 0 Å². The fourth-order valence-electron chi connectivity index (χ4n) is 3.95. The van der Waals surface area contributed by atoms with Gasteiger partial charge in [-0.05, 0) is 45.4 Å². The van der Waals surface area contributed by atoms with Gasteiger partial charge in [-0.15, -0.1) is 0 Å². The Balaban J connectivity index is 3.35. The van der Waals surface area contributed by atoms with E-state index in [2.05, 4.69) is 51.2 Å². The monoisotopic (exact) mass is 402 g/mol. The maximum atomic E-state index is 2.42. The topological polar surface area (TPSA) is 0 Å². The van der Waals surface area contributed by atoms with E-state index in [0.29, 0.717) is 0 Å². The number of hydrogen-bond donors (Lipinski definition) is 0. The lowest BCUT2D eigenvalue weighted by atomic mass is 10.0. The molecule has 0 N–H and O–H groups in total.